The van der Waals surface area contributed by atoms with E-state index in [0.717, 1.165) is 26.3 Å². The lowest BCUT2D eigenvalue weighted by Gasteiger charge is -2.15. The van der Waals surface area contributed by atoms with Crippen molar-refractivity contribution in [3.05, 3.63) is 58.4 Å². The molecule has 2 heterocycles. The number of pyridine rings is 1. The first-order valence-electron chi connectivity index (χ1n) is 8.85. The van der Waals surface area contributed by atoms with Gasteiger partial charge in [0.1, 0.15) is 5.82 Å². The highest BCUT2D eigenvalue weighted by molar-refractivity contribution is 14.1. The van der Waals surface area contributed by atoms with E-state index in [4.69, 9.17) is 9.97 Å². The molecule has 0 amide bonds. The Morgan fingerprint density at radius 3 is 2.62 bits per heavy atom. The van der Waals surface area contributed by atoms with Crippen LogP contribution < -0.4 is 10.6 Å². The van der Waals surface area contributed by atoms with Crippen LogP contribution in [0.15, 0.2) is 54.9 Å². The van der Waals surface area contributed by atoms with E-state index in [1.165, 1.54) is 25.7 Å². The molecule has 0 aliphatic heterocycles. The third-order valence-electron chi connectivity index (χ3n) is 4.51. The number of rotatable bonds is 5. The summed E-state index contributed by atoms with van der Waals surface area (Å²) in [5.74, 6) is 1.45. The van der Waals surface area contributed by atoms with Gasteiger partial charge in [-0.05, 0) is 59.7 Å². The molecule has 3 aromatic rings. The molecule has 0 radical (unpaired) electrons. The molecule has 1 fully saturated rings. The molecule has 132 valence electrons. The number of nitrogens with zero attached hydrogens (tertiary/aromatic N) is 3. The SMILES string of the molecule is Ic1ccccc1Nc1cc(-c2cccnc2)nc(NC2CCCC2)n1. The Morgan fingerprint density at radius 1 is 1.00 bits per heavy atom. The van der Waals surface area contributed by atoms with Crippen LogP contribution in [0.5, 0.6) is 0 Å². The van der Waals surface area contributed by atoms with Gasteiger partial charge >= 0.3 is 0 Å². The van der Waals surface area contributed by atoms with Gasteiger partial charge < -0.3 is 10.6 Å². The van der Waals surface area contributed by atoms with Gasteiger partial charge in [-0.15, -0.1) is 0 Å². The van der Waals surface area contributed by atoms with Crippen LogP contribution in [0.25, 0.3) is 11.3 Å². The van der Waals surface area contributed by atoms with E-state index in [1.807, 2.05) is 36.5 Å². The summed E-state index contributed by atoms with van der Waals surface area (Å²) in [6.07, 6.45) is 8.51. The number of benzene rings is 1. The summed E-state index contributed by atoms with van der Waals surface area (Å²) in [5, 5.41) is 6.94. The van der Waals surface area contributed by atoms with E-state index < -0.39 is 0 Å². The van der Waals surface area contributed by atoms with Crippen molar-refractivity contribution < 1.29 is 0 Å². The van der Waals surface area contributed by atoms with Crippen molar-refractivity contribution in [2.45, 2.75) is 31.7 Å². The van der Waals surface area contributed by atoms with Crippen LogP contribution >= 0.6 is 22.6 Å². The highest BCUT2D eigenvalue weighted by Crippen LogP contribution is 2.27. The van der Waals surface area contributed by atoms with E-state index in [1.54, 1.807) is 6.20 Å². The quantitative estimate of drug-likeness (QED) is 0.513. The van der Waals surface area contributed by atoms with E-state index in [2.05, 4.69) is 50.3 Å². The fourth-order valence-electron chi connectivity index (χ4n) is 3.19. The molecule has 0 saturated heterocycles. The van der Waals surface area contributed by atoms with Crippen molar-refractivity contribution in [1.82, 2.24) is 15.0 Å². The van der Waals surface area contributed by atoms with Gasteiger partial charge in [0.2, 0.25) is 5.95 Å². The van der Waals surface area contributed by atoms with E-state index >= 15 is 0 Å². The Hall–Kier alpha value is -2.22. The molecule has 4 rings (SSSR count). The lowest BCUT2D eigenvalue weighted by Crippen LogP contribution is -2.17. The molecule has 2 N–H and O–H groups in total. The summed E-state index contributed by atoms with van der Waals surface area (Å²) < 4.78 is 1.15. The van der Waals surface area contributed by atoms with Gasteiger partial charge in [0.25, 0.3) is 0 Å². The van der Waals surface area contributed by atoms with Gasteiger partial charge in [-0.1, -0.05) is 25.0 Å². The lowest BCUT2D eigenvalue weighted by atomic mass is 10.2. The molecule has 1 aliphatic rings. The summed E-state index contributed by atoms with van der Waals surface area (Å²) in [5.41, 5.74) is 2.88. The van der Waals surface area contributed by atoms with Crippen LogP contribution in [-0.2, 0) is 0 Å². The van der Waals surface area contributed by atoms with Gasteiger partial charge in [0, 0.05) is 33.6 Å². The minimum atomic E-state index is 0.462. The number of anilines is 3. The van der Waals surface area contributed by atoms with Crippen LogP contribution in [0.4, 0.5) is 17.5 Å². The summed E-state index contributed by atoms with van der Waals surface area (Å²) in [7, 11) is 0. The molecule has 0 atom stereocenters. The minimum Gasteiger partial charge on any atom is -0.351 e. The van der Waals surface area contributed by atoms with Crippen LogP contribution in [0.3, 0.4) is 0 Å². The van der Waals surface area contributed by atoms with Crippen LogP contribution in [-0.4, -0.2) is 21.0 Å². The van der Waals surface area contributed by atoms with Crippen LogP contribution in [0.2, 0.25) is 0 Å². The highest BCUT2D eigenvalue weighted by atomic mass is 127. The third-order valence-corrected chi connectivity index (χ3v) is 5.45. The van der Waals surface area contributed by atoms with E-state index in [0.29, 0.717) is 12.0 Å². The number of para-hydroxylation sites is 1. The Bertz CT molecular complexity index is 878. The maximum absolute atomic E-state index is 4.73. The molecular formula is C20H20IN5. The second-order valence-electron chi connectivity index (χ2n) is 6.43. The molecule has 1 saturated carbocycles. The zero-order valence-electron chi connectivity index (χ0n) is 14.3. The molecule has 1 aromatic carbocycles. The molecule has 5 nitrogen and oxygen atoms in total. The topological polar surface area (TPSA) is 62.7 Å². The summed E-state index contributed by atoms with van der Waals surface area (Å²) in [6, 6.07) is 14.6. The molecule has 1 aliphatic carbocycles. The second-order valence-corrected chi connectivity index (χ2v) is 7.60. The Kier molecular flexibility index (Phi) is 5.29. The fraction of sp³-hybridized carbons (Fsp3) is 0.250. The van der Waals surface area contributed by atoms with Gasteiger partial charge in [0.05, 0.1) is 11.4 Å². The van der Waals surface area contributed by atoms with Crippen molar-refractivity contribution in [1.29, 1.82) is 0 Å². The molecule has 2 aromatic heterocycles. The zero-order chi connectivity index (χ0) is 17.8. The highest BCUT2D eigenvalue weighted by Gasteiger charge is 2.17. The Morgan fingerprint density at radius 2 is 1.85 bits per heavy atom. The first-order chi connectivity index (χ1) is 12.8. The number of aromatic nitrogens is 3. The number of hydrogen-bond acceptors (Lipinski definition) is 5. The number of hydrogen-bond donors (Lipinski definition) is 2. The maximum Gasteiger partial charge on any atom is 0.225 e. The summed E-state index contributed by atoms with van der Waals surface area (Å²) in [4.78, 5) is 13.6. The molecule has 0 bridgehead atoms. The maximum atomic E-state index is 4.73. The molecular weight excluding hydrogens is 437 g/mol. The van der Waals surface area contributed by atoms with E-state index in [9.17, 15) is 0 Å². The van der Waals surface area contributed by atoms with Crippen molar-refractivity contribution in [2.24, 2.45) is 0 Å². The Balaban J connectivity index is 1.68. The summed E-state index contributed by atoms with van der Waals surface area (Å²) in [6.45, 7) is 0. The second kappa shape index (κ2) is 7.99. The standard InChI is InChI=1S/C20H20IN5/c21-16-9-3-4-10-17(16)24-19-12-18(14-6-5-11-22-13-14)25-20(26-19)23-15-7-1-2-8-15/h3-6,9-13,15H,1-2,7-8H2,(H2,23,24,25,26). The number of halogens is 1. The monoisotopic (exact) mass is 457 g/mol. The first kappa shape index (κ1) is 17.2. The van der Waals surface area contributed by atoms with Crippen molar-refractivity contribution >= 4 is 40.0 Å². The normalized spacial score (nSPS) is 14.3. The number of nitrogens with one attached hydrogen (secondary N) is 2. The molecule has 0 spiro atoms. The van der Waals surface area contributed by atoms with Gasteiger partial charge in [0.15, 0.2) is 0 Å². The average Bonchev–Trinajstić information content (AvgIpc) is 3.17. The fourth-order valence-corrected chi connectivity index (χ4v) is 3.71. The lowest BCUT2D eigenvalue weighted by molar-refractivity contribution is 0.744. The van der Waals surface area contributed by atoms with Crippen LogP contribution in [0.1, 0.15) is 25.7 Å². The predicted octanol–water partition coefficient (Wildman–Crippen LogP) is 5.24. The average molecular weight is 457 g/mol. The van der Waals surface area contributed by atoms with Crippen molar-refractivity contribution in [3.8, 4) is 11.3 Å². The summed E-state index contributed by atoms with van der Waals surface area (Å²) >= 11 is 2.32. The van der Waals surface area contributed by atoms with Gasteiger partial charge in [-0.3, -0.25) is 4.98 Å². The van der Waals surface area contributed by atoms with Gasteiger partial charge in [-0.25, -0.2) is 4.98 Å². The predicted molar refractivity (Wildman–Crippen MR) is 114 cm³/mol. The van der Waals surface area contributed by atoms with Crippen molar-refractivity contribution in [2.75, 3.05) is 10.6 Å². The Labute approximate surface area is 166 Å². The van der Waals surface area contributed by atoms with Crippen molar-refractivity contribution in [3.63, 3.8) is 0 Å². The molecule has 26 heavy (non-hydrogen) atoms. The first-order valence-corrected chi connectivity index (χ1v) is 9.93. The van der Waals surface area contributed by atoms with Gasteiger partial charge in [-0.2, -0.15) is 4.98 Å². The zero-order valence-corrected chi connectivity index (χ0v) is 16.5. The largest absolute Gasteiger partial charge is 0.351 e. The van der Waals surface area contributed by atoms with Crippen LogP contribution in [0, 0.1) is 3.57 Å². The third kappa shape index (κ3) is 4.12. The minimum absolute atomic E-state index is 0.462. The smallest absolute Gasteiger partial charge is 0.225 e. The molecule has 6 heteroatoms. The molecule has 0 unspecified atom stereocenters. The van der Waals surface area contributed by atoms with E-state index in [-0.39, 0.29) is 0 Å².